The molecule has 2 N–H and O–H groups in total. The van der Waals surface area contributed by atoms with Crippen molar-refractivity contribution >= 4 is 59.7 Å². The third kappa shape index (κ3) is 3.02. The summed E-state index contributed by atoms with van der Waals surface area (Å²) in [6, 6.07) is 12.0. The van der Waals surface area contributed by atoms with E-state index in [1.807, 2.05) is 55.8 Å². The van der Waals surface area contributed by atoms with Gasteiger partial charge in [-0.3, -0.25) is 4.79 Å². The first-order valence-electron chi connectivity index (χ1n) is 9.43. The van der Waals surface area contributed by atoms with E-state index in [0.717, 1.165) is 42.4 Å². The van der Waals surface area contributed by atoms with E-state index in [4.69, 9.17) is 0 Å². The van der Waals surface area contributed by atoms with Crippen LogP contribution in [0.25, 0.3) is 38.0 Å². The van der Waals surface area contributed by atoms with Crippen LogP contribution in [0, 0.1) is 5.41 Å². The fraction of sp³-hybridized carbons (Fsp3) is 0.217. The number of H-pyrrole nitrogens is 1. The van der Waals surface area contributed by atoms with Gasteiger partial charge in [0.1, 0.15) is 5.76 Å². The molecule has 146 valence electrons. The largest absolute Gasteiger partial charge is 0.512 e. The van der Waals surface area contributed by atoms with Gasteiger partial charge in [0.25, 0.3) is 0 Å². The van der Waals surface area contributed by atoms with Crippen molar-refractivity contribution < 1.29 is 9.90 Å². The van der Waals surface area contributed by atoms with Crippen molar-refractivity contribution in [1.29, 1.82) is 0 Å². The Morgan fingerprint density at radius 2 is 2.03 bits per heavy atom. The van der Waals surface area contributed by atoms with Crippen LogP contribution in [0.5, 0.6) is 0 Å². The van der Waals surface area contributed by atoms with Crippen molar-refractivity contribution in [3.05, 3.63) is 57.7 Å². The molecule has 0 radical (unpaired) electrons. The standard InChI is InChI=1S/C23H19BrN2O2S/c1-23(2)9-16(27)19(17(28)10-23)20-18-14(6-7-15-22(18)29-11-25-15)26-21(20)12-4-3-5-13(24)8-12/h3-8,11,26-27H,9-10H2,1-2H3. The third-order valence-corrected chi connectivity index (χ3v) is 6.83. The number of benzene rings is 2. The van der Waals surface area contributed by atoms with Gasteiger partial charge in [0.05, 0.1) is 27.0 Å². The Hall–Kier alpha value is -2.44. The van der Waals surface area contributed by atoms with Crippen molar-refractivity contribution in [2.45, 2.75) is 26.7 Å². The molecule has 4 nitrogen and oxygen atoms in total. The molecule has 0 spiro atoms. The molecule has 5 rings (SSSR count). The monoisotopic (exact) mass is 466 g/mol. The number of aromatic nitrogens is 2. The molecule has 2 heterocycles. The number of ketones is 1. The summed E-state index contributed by atoms with van der Waals surface area (Å²) in [7, 11) is 0. The van der Waals surface area contributed by atoms with Crippen LogP contribution in [0.2, 0.25) is 0 Å². The van der Waals surface area contributed by atoms with Crippen LogP contribution in [0.4, 0.5) is 0 Å². The maximum atomic E-state index is 13.2. The lowest BCUT2D eigenvalue weighted by Crippen LogP contribution is -2.25. The molecule has 6 heteroatoms. The van der Waals surface area contributed by atoms with E-state index in [1.54, 1.807) is 11.3 Å². The van der Waals surface area contributed by atoms with Gasteiger partial charge in [0, 0.05) is 33.8 Å². The number of nitrogens with zero attached hydrogens (tertiary/aromatic N) is 1. The molecule has 0 fully saturated rings. The second kappa shape index (κ2) is 6.54. The van der Waals surface area contributed by atoms with Crippen LogP contribution in [-0.4, -0.2) is 20.9 Å². The Morgan fingerprint density at radius 3 is 2.79 bits per heavy atom. The van der Waals surface area contributed by atoms with Crippen molar-refractivity contribution in [1.82, 2.24) is 9.97 Å². The van der Waals surface area contributed by atoms with E-state index >= 15 is 0 Å². The van der Waals surface area contributed by atoms with Crippen molar-refractivity contribution in [3.8, 4) is 11.3 Å². The van der Waals surface area contributed by atoms with Gasteiger partial charge in [-0.15, -0.1) is 11.3 Å². The van der Waals surface area contributed by atoms with Gasteiger partial charge in [-0.1, -0.05) is 41.9 Å². The first kappa shape index (κ1) is 18.6. The SMILES string of the molecule is CC1(C)CC(=O)C(c2c(-c3cccc(Br)c3)[nH]c3ccc4ncsc4c23)=C(O)C1. The van der Waals surface area contributed by atoms with Gasteiger partial charge in [-0.25, -0.2) is 4.98 Å². The van der Waals surface area contributed by atoms with Gasteiger partial charge in [-0.2, -0.15) is 0 Å². The minimum absolute atomic E-state index is 0.0163. The lowest BCUT2D eigenvalue weighted by Gasteiger charge is -2.30. The lowest BCUT2D eigenvalue weighted by molar-refractivity contribution is -0.116. The highest BCUT2D eigenvalue weighted by Gasteiger charge is 2.36. The number of carbonyl (C=O) groups excluding carboxylic acids is 1. The number of rotatable bonds is 2. The minimum atomic E-state index is -0.244. The molecule has 0 atom stereocenters. The number of nitrogens with one attached hydrogen (secondary N) is 1. The van der Waals surface area contributed by atoms with Crippen LogP contribution in [-0.2, 0) is 4.79 Å². The quantitative estimate of drug-likeness (QED) is 0.338. The molecule has 0 bridgehead atoms. The minimum Gasteiger partial charge on any atom is -0.512 e. The Morgan fingerprint density at radius 1 is 1.21 bits per heavy atom. The van der Waals surface area contributed by atoms with Crippen LogP contribution >= 0.6 is 27.3 Å². The number of hydrogen-bond acceptors (Lipinski definition) is 4. The number of carbonyl (C=O) groups is 1. The normalized spacial score (nSPS) is 16.9. The van der Waals surface area contributed by atoms with Gasteiger partial charge in [-0.05, 0) is 35.2 Å². The van der Waals surface area contributed by atoms with E-state index in [-0.39, 0.29) is 17.0 Å². The van der Waals surface area contributed by atoms with E-state index in [9.17, 15) is 9.90 Å². The molecule has 0 aliphatic heterocycles. The summed E-state index contributed by atoms with van der Waals surface area (Å²) in [4.78, 5) is 21.2. The first-order valence-corrected chi connectivity index (χ1v) is 11.1. The third-order valence-electron chi connectivity index (χ3n) is 5.47. The summed E-state index contributed by atoms with van der Waals surface area (Å²) in [5.74, 6) is 0.155. The van der Waals surface area contributed by atoms with Crippen molar-refractivity contribution in [3.63, 3.8) is 0 Å². The summed E-state index contributed by atoms with van der Waals surface area (Å²) in [6.07, 6.45) is 0.896. The molecule has 0 saturated carbocycles. The number of fused-ring (bicyclic) bond motifs is 3. The Bertz CT molecular complexity index is 1330. The molecule has 0 saturated heterocycles. The van der Waals surface area contributed by atoms with E-state index in [2.05, 4.69) is 25.9 Å². The number of halogens is 1. The Labute approximate surface area is 180 Å². The number of aliphatic hydroxyl groups excluding tert-OH is 1. The topological polar surface area (TPSA) is 66.0 Å². The molecule has 2 aromatic carbocycles. The highest BCUT2D eigenvalue weighted by molar-refractivity contribution is 9.10. The smallest absolute Gasteiger partial charge is 0.167 e. The Balaban J connectivity index is 1.91. The highest BCUT2D eigenvalue weighted by atomic mass is 79.9. The van der Waals surface area contributed by atoms with Crippen molar-refractivity contribution in [2.24, 2.45) is 5.41 Å². The predicted molar refractivity (Wildman–Crippen MR) is 122 cm³/mol. The maximum absolute atomic E-state index is 13.2. The van der Waals surface area contributed by atoms with E-state index in [0.29, 0.717) is 18.4 Å². The molecular formula is C23H19BrN2O2S. The highest BCUT2D eigenvalue weighted by Crippen LogP contribution is 2.46. The molecule has 2 aromatic heterocycles. The molecule has 4 aromatic rings. The predicted octanol–water partition coefficient (Wildman–Crippen LogP) is 6.87. The number of hydrogen-bond donors (Lipinski definition) is 2. The molecule has 1 aliphatic carbocycles. The first-order chi connectivity index (χ1) is 13.8. The van der Waals surface area contributed by atoms with Gasteiger partial charge in [0.2, 0.25) is 0 Å². The van der Waals surface area contributed by atoms with Crippen LogP contribution in [0.15, 0.2) is 52.1 Å². The molecule has 0 unspecified atom stereocenters. The molecule has 1 aliphatic rings. The Kier molecular flexibility index (Phi) is 4.19. The number of aromatic amines is 1. The van der Waals surface area contributed by atoms with Gasteiger partial charge >= 0.3 is 0 Å². The zero-order chi connectivity index (χ0) is 20.3. The zero-order valence-electron chi connectivity index (χ0n) is 16.0. The van der Waals surface area contributed by atoms with E-state index < -0.39 is 0 Å². The van der Waals surface area contributed by atoms with Crippen LogP contribution in [0.1, 0.15) is 32.3 Å². The van der Waals surface area contributed by atoms with Crippen molar-refractivity contribution in [2.75, 3.05) is 0 Å². The molecule has 0 amide bonds. The van der Waals surface area contributed by atoms with Gasteiger partial charge in [0.15, 0.2) is 5.78 Å². The fourth-order valence-corrected chi connectivity index (χ4v) is 5.53. The number of Topliss-reactive ketones (excluding diaryl/α,β-unsaturated/α-hetero) is 1. The molecular weight excluding hydrogens is 448 g/mol. The summed E-state index contributed by atoms with van der Waals surface area (Å²) in [5, 5.41) is 11.9. The van der Waals surface area contributed by atoms with Gasteiger partial charge < -0.3 is 10.1 Å². The summed E-state index contributed by atoms with van der Waals surface area (Å²) in [5.41, 5.74) is 6.43. The van der Waals surface area contributed by atoms with E-state index in [1.165, 1.54) is 0 Å². The summed E-state index contributed by atoms with van der Waals surface area (Å²) in [6.45, 7) is 4.04. The second-order valence-electron chi connectivity index (χ2n) is 8.34. The fourth-order valence-electron chi connectivity index (χ4n) is 4.29. The van der Waals surface area contributed by atoms with Crippen LogP contribution < -0.4 is 0 Å². The summed E-state index contributed by atoms with van der Waals surface area (Å²) < 4.78 is 1.98. The zero-order valence-corrected chi connectivity index (χ0v) is 18.4. The number of allylic oxidation sites excluding steroid dienone is 2. The lowest BCUT2D eigenvalue weighted by atomic mass is 9.74. The number of aliphatic hydroxyl groups is 1. The van der Waals surface area contributed by atoms with Crippen LogP contribution in [0.3, 0.4) is 0 Å². The maximum Gasteiger partial charge on any atom is 0.167 e. The number of thiazole rings is 1. The average molecular weight is 467 g/mol. The average Bonchev–Trinajstić information content (AvgIpc) is 3.24. The summed E-state index contributed by atoms with van der Waals surface area (Å²) >= 11 is 5.10. The molecule has 29 heavy (non-hydrogen) atoms. The second-order valence-corrected chi connectivity index (χ2v) is 10.1.